The topological polar surface area (TPSA) is 50.7 Å². The molecule has 4 heteroatoms. The lowest BCUT2D eigenvalue weighted by atomic mass is 10.1. The Labute approximate surface area is 111 Å². The number of rotatable bonds is 3. The average molecular weight is 250 g/mol. The molecule has 3 rings (SSSR count). The quantitative estimate of drug-likeness (QED) is 0.775. The fourth-order valence-corrected chi connectivity index (χ4v) is 2.06. The van der Waals surface area contributed by atoms with Gasteiger partial charge in [-0.1, -0.05) is 30.3 Å². The molecule has 1 N–H and O–H groups in total. The van der Waals surface area contributed by atoms with Crippen molar-refractivity contribution in [3.63, 3.8) is 0 Å². The number of anilines is 1. The van der Waals surface area contributed by atoms with Crippen LogP contribution in [0, 0.1) is 0 Å². The Bertz CT molecular complexity index is 677. The molecular formula is C15H14N4. The summed E-state index contributed by atoms with van der Waals surface area (Å²) >= 11 is 0. The van der Waals surface area contributed by atoms with Crippen LogP contribution in [0.1, 0.15) is 18.5 Å². The van der Waals surface area contributed by atoms with E-state index < -0.39 is 0 Å². The summed E-state index contributed by atoms with van der Waals surface area (Å²) in [4.78, 5) is 4.13. The Morgan fingerprint density at radius 2 is 1.95 bits per heavy atom. The smallest absolute Gasteiger partial charge is 0.157 e. The Balaban J connectivity index is 1.94. The molecule has 0 amide bonds. The molecule has 0 saturated heterocycles. The van der Waals surface area contributed by atoms with E-state index in [0.29, 0.717) is 0 Å². The number of nitrogens with zero attached hydrogens (tertiary/aromatic N) is 3. The third kappa shape index (κ3) is 2.38. The van der Waals surface area contributed by atoms with Crippen LogP contribution < -0.4 is 5.32 Å². The van der Waals surface area contributed by atoms with Crippen LogP contribution in [0.2, 0.25) is 0 Å². The first-order valence-corrected chi connectivity index (χ1v) is 6.21. The molecule has 2 aromatic heterocycles. The first-order chi connectivity index (χ1) is 9.34. The molecule has 1 aromatic carbocycles. The van der Waals surface area contributed by atoms with Crippen molar-refractivity contribution in [1.29, 1.82) is 0 Å². The highest BCUT2D eigenvalue weighted by atomic mass is 15.2. The van der Waals surface area contributed by atoms with Crippen molar-refractivity contribution in [3.8, 4) is 0 Å². The summed E-state index contributed by atoms with van der Waals surface area (Å²) in [6.45, 7) is 2.08. The predicted molar refractivity (Wildman–Crippen MR) is 75.8 cm³/mol. The van der Waals surface area contributed by atoms with Gasteiger partial charge in [0.05, 0.1) is 12.2 Å². The van der Waals surface area contributed by atoms with Gasteiger partial charge in [0, 0.05) is 23.2 Å². The number of aromatic nitrogens is 3. The molecule has 0 bridgehead atoms. The molecule has 0 aliphatic rings. The van der Waals surface area contributed by atoms with Crippen molar-refractivity contribution in [2.24, 2.45) is 0 Å². The molecule has 4 nitrogen and oxygen atoms in total. The van der Waals surface area contributed by atoms with Gasteiger partial charge in [-0.25, -0.2) is 0 Å². The summed E-state index contributed by atoms with van der Waals surface area (Å²) < 4.78 is 0. The molecule has 94 valence electrons. The molecule has 2 heterocycles. The maximum atomic E-state index is 4.19. The summed E-state index contributed by atoms with van der Waals surface area (Å²) in [7, 11) is 0. The molecule has 0 saturated carbocycles. The second-order valence-electron chi connectivity index (χ2n) is 4.43. The highest BCUT2D eigenvalue weighted by Gasteiger charge is 2.08. The number of hydrogen-bond donors (Lipinski definition) is 1. The van der Waals surface area contributed by atoms with E-state index in [1.807, 2.05) is 42.6 Å². The zero-order valence-electron chi connectivity index (χ0n) is 10.6. The second-order valence-corrected chi connectivity index (χ2v) is 4.43. The summed E-state index contributed by atoms with van der Waals surface area (Å²) in [5, 5.41) is 13.8. The van der Waals surface area contributed by atoms with E-state index >= 15 is 0 Å². The molecule has 3 aromatic rings. The van der Waals surface area contributed by atoms with Gasteiger partial charge in [0.2, 0.25) is 0 Å². The summed E-state index contributed by atoms with van der Waals surface area (Å²) in [5.41, 5.74) is 1.12. The van der Waals surface area contributed by atoms with E-state index in [2.05, 4.69) is 27.4 Å². The van der Waals surface area contributed by atoms with Crippen LogP contribution in [-0.2, 0) is 0 Å². The van der Waals surface area contributed by atoms with E-state index in [0.717, 1.165) is 22.2 Å². The third-order valence-corrected chi connectivity index (χ3v) is 3.11. The monoisotopic (exact) mass is 250 g/mol. The number of hydrogen-bond acceptors (Lipinski definition) is 4. The van der Waals surface area contributed by atoms with E-state index in [1.54, 1.807) is 12.4 Å². The van der Waals surface area contributed by atoms with Crippen molar-refractivity contribution in [2.45, 2.75) is 13.0 Å². The highest BCUT2D eigenvalue weighted by molar-refractivity contribution is 5.90. The van der Waals surface area contributed by atoms with Crippen molar-refractivity contribution < 1.29 is 0 Å². The average Bonchev–Trinajstić information content (AvgIpc) is 2.48. The number of fused-ring (bicyclic) bond motifs is 1. The minimum atomic E-state index is 0.133. The van der Waals surface area contributed by atoms with Crippen LogP contribution in [0.3, 0.4) is 0 Å². The van der Waals surface area contributed by atoms with Gasteiger partial charge in [-0.2, -0.15) is 5.10 Å². The minimum absolute atomic E-state index is 0.133. The first-order valence-electron chi connectivity index (χ1n) is 6.21. The lowest BCUT2D eigenvalue weighted by Gasteiger charge is -2.15. The van der Waals surface area contributed by atoms with Crippen LogP contribution in [0.5, 0.6) is 0 Å². The van der Waals surface area contributed by atoms with Gasteiger partial charge >= 0.3 is 0 Å². The number of nitrogens with one attached hydrogen (secondary N) is 1. The van der Waals surface area contributed by atoms with Crippen molar-refractivity contribution >= 4 is 16.6 Å². The van der Waals surface area contributed by atoms with Crippen molar-refractivity contribution in [2.75, 3.05) is 5.32 Å². The zero-order valence-corrected chi connectivity index (χ0v) is 10.6. The lowest BCUT2D eigenvalue weighted by Crippen LogP contribution is -2.09. The minimum Gasteiger partial charge on any atom is -0.361 e. The second kappa shape index (κ2) is 5.02. The Kier molecular flexibility index (Phi) is 3.06. The van der Waals surface area contributed by atoms with Crippen LogP contribution in [0.25, 0.3) is 10.8 Å². The third-order valence-electron chi connectivity index (χ3n) is 3.11. The Morgan fingerprint density at radius 3 is 2.79 bits per heavy atom. The summed E-state index contributed by atoms with van der Waals surface area (Å²) in [6.07, 6.45) is 5.40. The van der Waals surface area contributed by atoms with Crippen molar-refractivity contribution in [1.82, 2.24) is 15.2 Å². The van der Waals surface area contributed by atoms with Gasteiger partial charge in [0.15, 0.2) is 5.82 Å². The molecule has 0 radical (unpaired) electrons. The first kappa shape index (κ1) is 11.6. The molecule has 0 fully saturated rings. The molecule has 0 aliphatic heterocycles. The fraction of sp³-hybridized carbons (Fsp3) is 0.133. The van der Waals surface area contributed by atoms with E-state index in [-0.39, 0.29) is 6.04 Å². The van der Waals surface area contributed by atoms with E-state index in [1.165, 1.54) is 0 Å². The van der Waals surface area contributed by atoms with Crippen LogP contribution >= 0.6 is 0 Å². The highest BCUT2D eigenvalue weighted by Crippen LogP contribution is 2.23. The fourth-order valence-electron chi connectivity index (χ4n) is 2.06. The normalized spacial score (nSPS) is 12.3. The van der Waals surface area contributed by atoms with Gasteiger partial charge in [0.1, 0.15) is 0 Å². The number of pyridine rings is 1. The maximum Gasteiger partial charge on any atom is 0.157 e. The zero-order chi connectivity index (χ0) is 13.1. The molecule has 0 spiro atoms. The van der Waals surface area contributed by atoms with Gasteiger partial charge < -0.3 is 5.32 Å². The van der Waals surface area contributed by atoms with Gasteiger partial charge in [0.25, 0.3) is 0 Å². The van der Waals surface area contributed by atoms with E-state index in [4.69, 9.17) is 0 Å². The Morgan fingerprint density at radius 1 is 1.05 bits per heavy atom. The van der Waals surface area contributed by atoms with Crippen LogP contribution in [-0.4, -0.2) is 15.2 Å². The number of benzene rings is 1. The van der Waals surface area contributed by atoms with Crippen LogP contribution in [0.15, 0.2) is 55.0 Å². The van der Waals surface area contributed by atoms with Gasteiger partial charge in [-0.15, -0.1) is 5.10 Å². The summed E-state index contributed by atoms with van der Waals surface area (Å²) in [5.74, 6) is 0.800. The molecule has 19 heavy (non-hydrogen) atoms. The molecule has 0 aliphatic carbocycles. The SMILES string of the molecule is CC(Nc1nncc2ccccc12)c1cccnc1. The standard InChI is InChI=1S/C15H14N4/c1-11(12-6-4-8-16-9-12)18-15-14-7-3-2-5-13(14)10-17-19-15/h2-11H,1H3,(H,18,19). The molecular weight excluding hydrogens is 236 g/mol. The van der Waals surface area contributed by atoms with E-state index in [9.17, 15) is 0 Å². The van der Waals surface area contributed by atoms with Crippen molar-refractivity contribution in [3.05, 3.63) is 60.6 Å². The summed E-state index contributed by atoms with van der Waals surface area (Å²) in [6, 6.07) is 12.2. The largest absolute Gasteiger partial charge is 0.361 e. The Hall–Kier alpha value is -2.49. The molecule has 1 atom stereocenters. The lowest BCUT2D eigenvalue weighted by molar-refractivity contribution is 0.858. The molecule has 1 unspecified atom stereocenters. The maximum absolute atomic E-state index is 4.19. The van der Waals surface area contributed by atoms with Gasteiger partial charge in [-0.05, 0) is 18.6 Å². The van der Waals surface area contributed by atoms with Crippen LogP contribution in [0.4, 0.5) is 5.82 Å². The predicted octanol–water partition coefficient (Wildman–Crippen LogP) is 3.20. The van der Waals surface area contributed by atoms with Gasteiger partial charge in [-0.3, -0.25) is 4.98 Å².